The molecule has 0 aromatic heterocycles. The summed E-state index contributed by atoms with van der Waals surface area (Å²) in [6, 6.07) is 5.76. The Balaban J connectivity index is 2.39. The first-order chi connectivity index (χ1) is 8.99. The monoisotopic (exact) mass is 261 g/mol. The number of rotatable bonds is 6. The molecule has 0 aliphatic heterocycles. The van der Waals surface area contributed by atoms with Gasteiger partial charge in [-0.15, -0.1) is 0 Å². The predicted molar refractivity (Wildman–Crippen MR) is 80.8 cm³/mol. The van der Waals surface area contributed by atoms with E-state index in [0.29, 0.717) is 6.54 Å². The van der Waals surface area contributed by atoms with Crippen LogP contribution in [0.5, 0.6) is 0 Å². The van der Waals surface area contributed by atoms with Crippen molar-refractivity contribution in [1.29, 1.82) is 0 Å². The summed E-state index contributed by atoms with van der Waals surface area (Å²) in [5.41, 5.74) is 8.54. The van der Waals surface area contributed by atoms with Crippen molar-refractivity contribution in [2.75, 3.05) is 32.9 Å². The van der Waals surface area contributed by atoms with Gasteiger partial charge >= 0.3 is 0 Å². The molecule has 3 N–H and O–H groups in total. The van der Waals surface area contributed by atoms with Crippen LogP contribution in [0, 0.1) is 6.92 Å². The van der Waals surface area contributed by atoms with Gasteiger partial charge in [0, 0.05) is 18.3 Å². The summed E-state index contributed by atoms with van der Waals surface area (Å²) >= 11 is 0. The summed E-state index contributed by atoms with van der Waals surface area (Å²) in [4.78, 5) is 13.7. The van der Waals surface area contributed by atoms with Crippen LogP contribution >= 0.6 is 0 Å². The molecule has 0 heterocycles. The third kappa shape index (κ3) is 6.06. The van der Waals surface area contributed by atoms with Crippen LogP contribution in [0.15, 0.2) is 24.3 Å². The minimum Gasteiger partial charge on any atom is -0.398 e. The lowest BCUT2D eigenvalue weighted by Gasteiger charge is -2.08. The van der Waals surface area contributed by atoms with E-state index >= 15 is 0 Å². The Kier molecular flexibility index (Phi) is 6.09. The zero-order valence-electron chi connectivity index (χ0n) is 11.9. The molecule has 0 spiro atoms. The number of aryl methyl sites for hydroxylation is 1. The first-order valence-electron chi connectivity index (χ1n) is 6.46. The Morgan fingerprint density at radius 2 is 2.16 bits per heavy atom. The third-order valence-electron chi connectivity index (χ3n) is 2.81. The van der Waals surface area contributed by atoms with Crippen molar-refractivity contribution in [3.8, 4) is 0 Å². The molecule has 0 aliphatic carbocycles. The maximum atomic E-state index is 11.6. The standard InChI is InChI=1S/C15H23N3O/c1-12-5-6-13(11-14(12)16)7-8-15(19)17-9-4-10-18(2)3/h5-8,11H,4,9-10,16H2,1-3H3,(H,17,19)/b8-7+. The van der Waals surface area contributed by atoms with Gasteiger partial charge in [0.15, 0.2) is 0 Å². The Bertz CT molecular complexity index is 453. The average molecular weight is 261 g/mol. The second kappa shape index (κ2) is 7.59. The highest BCUT2D eigenvalue weighted by Crippen LogP contribution is 2.13. The van der Waals surface area contributed by atoms with Gasteiger partial charge in [-0.2, -0.15) is 0 Å². The highest BCUT2D eigenvalue weighted by Gasteiger charge is 1.97. The number of amides is 1. The van der Waals surface area contributed by atoms with E-state index in [0.717, 1.165) is 29.8 Å². The number of nitrogens with one attached hydrogen (secondary N) is 1. The topological polar surface area (TPSA) is 58.4 Å². The molecule has 4 heteroatoms. The van der Waals surface area contributed by atoms with Crippen LogP contribution in [0.1, 0.15) is 17.5 Å². The van der Waals surface area contributed by atoms with Gasteiger partial charge in [0.1, 0.15) is 0 Å². The summed E-state index contributed by atoms with van der Waals surface area (Å²) in [6.07, 6.45) is 4.26. The van der Waals surface area contributed by atoms with E-state index in [2.05, 4.69) is 10.2 Å². The number of hydrogen-bond acceptors (Lipinski definition) is 3. The second-order valence-corrected chi connectivity index (χ2v) is 4.90. The van der Waals surface area contributed by atoms with E-state index in [4.69, 9.17) is 5.73 Å². The number of carbonyl (C=O) groups excluding carboxylic acids is 1. The van der Waals surface area contributed by atoms with Crippen molar-refractivity contribution in [3.05, 3.63) is 35.4 Å². The summed E-state index contributed by atoms with van der Waals surface area (Å²) in [6.45, 7) is 3.62. The van der Waals surface area contributed by atoms with Crippen LogP contribution in [0.3, 0.4) is 0 Å². The van der Waals surface area contributed by atoms with E-state index in [-0.39, 0.29) is 5.91 Å². The molecular formula is C15H23N3O. The largest absolute Gasteiger partial charge is 0.398 e. The average Bonchev–Trinajstić information content (AvgIpc) is 2.36. The zero-order chi connectivity index (χ0) is 14.3. The van der Waals surface area contributed by atoms with Gasteiger partial charge in [-0.05, 0) is 57.3 Å². The lowest BCUT2D eigenvalue weighted by Crippen LogP contribution is -2.25. The summed E-state index contributed by atoms with van der Waals surface area (Å²) < 4.78 is 0. The number of hydrogen-bond donors (Lipinski definition) is 2. The van der Waals surface area contributed by atoms with Gasteiger partial charge in [-0.25, -0.2) is 0 Å². The molecule has 1 amide bonds. The number of nitrogens with zero attached hydrogens (tertiary/aromatic N) is 1. The summed E-state index contributed by atoms with van der Waals surface area (Å²) in [5, 5.41) is 2.85. The van der Waals surface area contributed by atoms with Crippen LogP contribution in [0.2, 0.25) is 0 Å². The minimum absolute atomic E-state index is 0.0714. The fourth-order valence-corrected chi connectivity index (χ4v) is 1.60. The molecule has 0 saturated heterocycles. The third-order valence-corrected chi connectivity index (χ3v) is 2.81. The first kappa shape index (κ1) is 15.2. The van der Waals surface area contributed by atoms with E-state index in [1.54, 1.807) is 12.2 Å². The van der Waals surface area contributed by atoms with Crippen LogP contribution in [0.4, 0.5) is 5.69 Å². The van der Waals surface area contributed by atoms with Crippen LogP contribution < -0.4 is 11.1 Å². The van der Waals surface area contributed by atoms with Crippen molar-refractivity contribution in [2.45, 2.75) is 13.3 Å². The first-order valence-corrected chi connectivity index (χ1v) is 6.46. The Morgan fingerprint density at radius 1 is 1.42 bits per heavy atom. The molecule has 1 aromatic carbocycles. The predicted octanol–water partition coefficient (Wildman–Crippen LogP) is 1.66. The molecule has 0 fully saturated rings. The lowest BCUT2D eigenvalue weighted by molar-refractivity contribution is -0.116. The van der Waals surface area contributed by atoms with Gasteiger partial charge in [-0.3, -0.25) is 4.79 Å². The van der Waals surface area contributed by atoms with Crippen molar-refractivity contribution in [2.24, 2.45) is 0 Å². The molecule has 19 heavy (non-hydrogen) atoms. The van der Waals surface area contributed by atoms with Gasteiger partial charge in [0.2, 0.25) is 5.91 Å². The van der Waals surface area contributed by atoms with E-state index in [9.17, 15) is 4.79 Å². The molecule has 0 aliphatic rings. The molecule has 0 saturated carbocycles. The fourth-order valence-electron chi connectivity index (χ4n) is 1.60. The molecule has 4 nitrogen and oxygen atoms in total. The van der Waals surface area contributed by atoms with Crippen molar-refractivity contribution < 1.29 is 4.79 Å². The minimum atomic E-state index is -0.0714. The zero-order valence-corrected chi connectivity index (χ0v) is 11.9. The Labute approximate surface area is 115 Å². The van der Waals surface area contributed by atoms with Gasteiger partial charge in [0.05, 0.1) is 0 Å². The van der Waals surface area contributed by atoms with Crippen LogP contribution in [0.25, 0.3) is 6.08 Å². The molecule has 0 radical (unpaired) electrons. The Morgan fingerprint density at radius 3 is 2.79 bits per heavy atom. The number of carbonyl (C=O) groups is 1. The molecule has 104 valence electrons. The maximum absolute atomic E-state index is 11.6. The van der Waals surface area contributed by atoms with E-state index in [1.165, 1.54) is 0 Å². The SMILES string of the molecule is Cc1ccc(/C=C/C(=O)NCCCN(C)C)cc1N. The van der Waals surface area contributed by atoms with Gasteiger partial charge < -0.3 is 16.0 Å². The molecule has 0 bridgehead atoms. The number of anilines is 1. The summed E-state index contributed by atoms with van der Waals surface area (Å²) in [7, 11) is 4.03. The highest BCUT2D eigenvalue weighted by atomic mass is 16.1. The quantitative estimate of drug-likeness (QED) is 0.465. The van der Waals surface area contributed by atoms with Crippen LogP contribution in [-0.2, 0) is 4.79 Å². The highest BCUT2D eigenvalue weighted by molar-refractivity contribution is 5.91. The smallest absolute Gasteiger partial charge is 0.243 e. The van der Waals surface area contributed by atoms with Gasteiger partial charge in [0.25, 0.3) is 0 Å². The molecule has 0 atom stereocenters. The van der Waals surface area contributed by atoms with Crippen molar-refractivity contribution in [3.63, 3.8) is 0 Å². The number of benzene rings is 1. The molecular weight excluding hydrogens is 238 g/mol. The van der Waals surface area contributed by atoms with Gasteiger partial charge in [-0.1, -0.05) is 12.1 Å². The van der Waals surface area contributed by atoms with E-state index in [1.807, 2.05) is 39.2 Å². The lowest BCUT2D eigenvalue weighted by atomic mass is 10.1. The molecule has 1 rings (SSSR count). The normalized spacial score (nSPS) is 11.2. The number of nitrogen functional groups attached to an aromatic ring is 1. The second-order valence-electron chi connectivity index (χ2n) is 4.90. The Hall–Kier alpha value is -1.81. The fraction of sp³-hybridized carbons (Fsp3) is 0.400. The summed E-state index contributed by atoms with van der Waals surface area (Å²) in [5.74, 6) is -0.0714. The van der Waals surface area contributed by atoms with Crippen molar-refractivity contribution in [1.82, 2.24) is 10.2 Å². The molecule has 0 unspecified atom stereocenters. The van der Waals surface area contributed by atoms with E-state index < -0.39 is 0 Å². The van der Waals surface area contributed by atoms with Crippen molar-refractivity contribution >= 4 is 17.7 Å². The number of nitrogens with two attached hydrogens (primary N) is 1. The maximum Gasteiger partial charge on any atom is 0.243 e. The molecule has 1 aromatic rings. The van der Waals surface area contributed by atoms with Crippen LogP contribution in [-0.4, -0.2) is 38.0 Å².